The van der Waals surface area contributed by atoms with E-state index >= 15 is 0 Å². The molecule has 3 atom stereocenters. The zero-order valence-electron chi connectivity index (χ0n) is 34.2. The Bertz CT molecular complexity index is 2360. The molecule has 0 bridgehead atoms. The van der Waals surface area contributed by atoms with Crippen molar-refractivity contribution in [2.24, 2.45) is 16.7 Å². The highest BCUT2D eigenvalue weighted by Crippen LogP contribution is 2.59. The number of fused-ring (bicyclic) bond motifs is 2. The standard InChI is InChI=1S/C46H50ClN7O6/c1-45(2)43(46(3,4)44(45)60-31-10-6-26(23-48)35(47)22-31)53-24-36-33(40(53)57)11-8-27(50-36)7-5-25-19-29(20-25)49-28-15-17-52(18-16-28)30-9-12-32-34(21-30)42(59)54(41(32)58)37-13-14-38(55)51-39(37)56/h6,8-12,21-22,25,28-29,37,41-44,49,58-59H,13-20,24H2,1-4H3,(H,51,55,56)/t25?,29?,37?,41?,42?,43-,44-. The predicted octanol–water partition coefficient (Wildman–Crippen LogP) is 4.94. The topological polar surface area (TPSA) is 171 Å². The zero-order chi connectivity index (χ0) is 42.2. The van der Waals surface area contributed by atoms with E-state index in [0.717, 1.165) is 50.2 Å². The summed E-state index contributed by atoms with van der Waals surface area (Å²) in [5.74, 6) is 6.75. The van der Waals surface area contributed by atoms with Crippen LogP contribution in [0.3, 0.4) is 0 Å². The third-order valence-electron chi connectivity index (χ3n) is 13.8. The second-order valence-corrected chi connectivity index (χ2v) is 18.9. The number of halogens is 1. The van der Waals surface area contributed by atoms with E-state index < -0.39 is 24.4 Å². The van der Waals surface area contributed by atoms with Crippen LogP contribution in [0.2, 0.25) is 5.02 Å². The van der Waals surface area contributed by atoms with Crippen molar-refractivity contribution in [3.63, 3.8) is 0 Å². The van der Waals surface area contributed by atoms with Gasteiger partial charge >= 0.3 is 0 Å². The number of rotatable bonds is 7. The van der Waals surface area contributed by atoms with Crippen LogP contribution in [0.25, 0.3) is 0 Å². The number of nitrogens with zero attached hydrogens (tertiary/aromatic N) is 5. The van der Waals surface area contributed by atoms with Crippen molar-refractivity contribution in [1.82, 2.24) is 25.4 Å². The molecule has 0 radical (unpaired) electrons. The van der Waals surface area contributed by atoms with Gasteiger partial charge in [0.15, 0.2) is 0 Å². The number of aromatic nitrogens is 1. The number of piperidine rings is 2. The summed E-state index contributed by atoms with van der Waals surface area (Å²) >= 11 is 6.29. The molecule has 2 saturated carbocycles. The first-order valence-electron chi connectivity index (χ1n) is 20.9. The highest BCUT2D eigenvalue weighted by atomic mass is 35.5. The van der Waals surface area contributed by atoms with Gasteiger partial charge in [0.05, 0.1) is 34.4 Å². The van der Waals surface area contributed by atoms with E-state index in [9.17, 15) is 29.9 Å². The van der Waals surface area contributed by atoms with Gasteiger partial charge in [0.25, 0.3) is 5.91 Å². The molecular weight excluding hydrogens is 782 g/mol. The van der Waals surface area contributed by atoms with Crippen molar-refractivity contribution in [3.05, 3.63) is 87.2 Å². The van der Waals surface area contributed by atoms with Gasteiger partial charge in [-0.3, -0.25) is 19.7 Å². The van der Waals surface area contributed by atoms with E-state index in [1.54, 1.807) is 18.2 Å². The van der Waals surface area contributed by atoms with Gasteiger partial charge in [-0.05, 0) is 74.4 Å². The second kappa shape index (κ2) is 15.2. The summed E-state index contributed by atoms with van der Waals surface area (Å²) in [7, 11) is 0. The second-order valence-electron chi connectivity index (χ2n) is 18.5. The number of pyridine rings is 1. The molecule has 9 rings (SSSR count). The quantitative estimate of drug-likeness (QED) is 0.188. The van der Waals surface area contributed by atoms with Crippen LogP contribution >= 0.6 is 11.6 Å². The highest BCUT2D eigenvalue weighted by molar-refractivity contribution is 6.31. The first-order chi connectivity index (χ1) is 28.6. The molecule has 0 spiro atoms. The molecule has 1 aromatic heterocycles. The Hall–Kier alpha value is -5.02. The van der Waals surface area contributed by atoms with Gasteiger partial charge in [-0.25, -0.2) is 9.88 Å². The van der Waals surface area contributed by atoms with Crippen LogP contribution in [0.5, 0.6) is 5.75 Å². The summed E-state index contributed by atoms with van der Waals surface area (Å²) in [5.41, 5.74) is 3.87. The summed E-state index contributed by atoms with van der Waals surface area (Å²) in [4.78, 5) is 48.4. The lowest BCUT2D eigenvalue weighted by Gasteiger charge is -2.65. The van der Waals surface area contributed by atoms with Crippen LogP contribution < -0.4 is 20.3 Å². The largest absolute Gasteiger partial charge is 0.489 e. The van der Waals surface area contributed by atoms with Gasteiger partial charge in [-0.1, -0.05) is 51.3 Å². The first kappa shape index (κ1) is 40.4. The molecule has 2 aromatic carbocycles. The van der Waals surface area contributed by atoms with E-state index in [4.69, 9.17) is 21.3 Å². The molecular formula is C46H50ClN7O6. The Morgan fingerprint density at radius 1 is 0.933 bits per heavy atom. The molecule has 2 saturated heterocycles. The highest BCUT2D eigenvalue weighted by Gasteiger charge is 2.67. The molecule has 14 heteroatoms. The Balaban J connectivity index is 0.752. The van der Waals surface area contributed by atoms with E-state index in [2.05, 4.69) is 61.1 Å². The number of nitrogens with one attached hydrogen (secondary N) is 2. The lowest BCUT2D eigenvalue weighted by atomic mass is 9.49. The Kier molecular flexibility index (Phi) is 10.2. The first-order valence-corrected chi connectivity index (χ1v) is 21.3. The number of hydrogen-bond acceptors (Lipinski definition) is 11. The van der Waals surface area contributed by atoms with Crippen molar-refractivity contribution < 1.29 is 29.3 Å². The van der Waals surface area contributed by atoms with Gasteiger partial charge in [-0.2, -0.15) is 5.26 Å². The van der Waals surface area contributed by atoms with E-state index in [-0.39, 0.29) is 53.5 Å². The molecule has 3 unspecified atom stereocenters. The van der Waals surface area contributed by atoms with Crippen molar-refractivity contribution in [1.29, 1.82) is 5.26 Å². The average molecular weight is 832 g/mol. The van der Waals surface area contributed by atoms with Gasteiger partial charge < -0.3 is 30.1 Å². The number of ether oxygens (including phenoxy) is 1. The van der Waals surface area contributed by atoms with Crippen LogP contribution in [-0.4, -0.2) is 86.1 Å². The van der Waals surface area contributed by atoms with Crippen LogP contribution in [0.15, 0.2) is 48.5 Å². The van der Waals surface area contributed by atoms with Crippen molar-refractivity contribution in [3.8, 4) is 23.7 Å². The summed E-state index contributed by atoms with van der Waals surface area (Å²) in [5, 5.41) is 38.0. The molecule has 4 fully saturated rings. The minimum atomic E-state index is -1.14. The normalized spacial score (nSPS) is 29.4. The number of aliphatic hydroxyl groups is 2. The summed E-state index contributed by atoms with van der Waals surface area (Å²) in [6.45, 7) is 10.6. The number of anilines is 1. The van der Waals surface area contributed by atoms with E-state index in [0.29, 0.717) is 57.3 Å². The molecule has 3 aromatic rings. The minimum Gasteiger partial charge on any atom is -0.489 e. The lowest BCUT2D eigenvalue weighted by Crippen LogP contribution is -2.74. The number of imide groups is 1. The van der Waals surface area contributed by atoms with E-state index in [1.165, 1.54) is 4.90 Å². The summed E-state index contributed by atoms with van der Waals surface area (Å²) in [6.07, 6.45) is 1.86. The summed E-state index contributed by atoms with van der Waals surface area (Å²) in [6, 6.07) is 16.5. The Morgan fingerprint density at radius 2 is 1.67 bits per heavy atom. The maximum absolute atomic E-state index is 13.8. The van der Waals surface area contributed by atoms with Gasteiger partial charge in [0, 0.05) is 77.3 Å². The number of amides is 3. The zero-order valence-corrected chi connectivity index (χ0v) is 35.0. The molecule has 312 valence electrons. The number of nitriles is 1. The summed E-state index contributed by atoms with van der Waals surface area (Å²) < 4.78 is 6.46. The fraction of sp³-hybridized carbons (Fsp3) is 0.500. The number of carbonyl (C=O) groups is 3. The Morgan fingerprint density at radius 3 is 2.37 bits per heavy atom. The lowest BCUT2D eigenvalue weighted by molar-refractivity contribution is -0.199. The molecule has 13 nitrogen and oxygen atoms in total. The average Bonchev–Trinajstić information content (AvgIpc) is 3.64. The van der Waals surface area contributed by atoms with Gasteiger partial charge in [0.1, 0.15) is 36.1 Å². The van der Waals surface area contributed by atoms with Crippen LogP contribution in [-0.2, 0) is 16.1 Å². The Labute approximate surface area is 355 Å². The van der Waals surface area contributed by atoms with Crippen molar-refractivity contribution in [2.45, 2.75) is 115 Å². The monoisotopic (exact) mass is 831 g/mol. The number of carbonyl (C=O) groups excluding carboxylic acids is 3. The number of aliphatic hydroxyl groups excluding tert-OH is 2. The van der Waals surface area contributed by atoms with E-state index in [1.807, 2.05) is 35.2 Å². The van der Waals surface area contributed by atoms with Gasteiger partial charge in [0.2, 0.25) is 11.8 Å². The van der Waals surface area contributed by atoms with Crippen LogP contribution in [0.1, 0.15) is 117 Å². The predicted molar refractivity (Wildman–Crippen MR) is 222 cm³/mol. The molecule has 4 N–H and O–H groups in total. The number of benzene rings is 2. The molecule has 60 heavy (non-hydrogen) atoms. The smallest absolute Gasteiger partial charge is 0.256 e. The SMILES string of the molecule is CC1(C)[C@H](Oc2ccc(C#N)c(Cl)c2)C(C)(C)[C@H]1N1Cc2nc(C#CC3CC(NC4CCN(c5ccc6c(c5)C(O)N(C5CCC(=O)NC5=O)C6O)CC4)C3)ccc2C1=O. The van der Waals surface area contributed by atoms with Crippen LogP contribution in [0, 0.1) is 39.9 Å². The molecule has 4 aliphatic heterocycles. The number of hydrogen-bond donors (Lipinski definition) is 4. The van der Waals surface area contributed by atoms with Crippen LogP contribution in [0.4, 0.5) is 5.69 Å². The molecule has 3 amide bonds. The molecule has 2 aliphatic carbocycles. The van der Waals surface area contributed by atoms with Crippen molar-refractivity contribution >= 4 is 35.0 Å². The minimum absolute atomic E-state index is 0.0222. The molecule has 5 heterocycles. The fourth-order valence-electron chi connectivity index (χ4n) is 11.2. The maximum Gasteiger partial charge on any atom is 0.256 e. The van der Waals surface area contributed by atoms with Gasteiger partial charge in [-0.15, -0.1) is 0 Å². The third kappa shape index (κ3) is 6.91. The molecule has 6 aliphatic rings. The third-order valence-corrected chi connectivity index (χ3v) is 14.1. The fourth-order valence-corrected chi connectivity index (χ4v) is 11.4. The van der Waals surface area contributed by atoms with Crippen molar-refractivity contribution in [2.75, 3.05) is 18.0 Å². The maximum atomic E-state index is 13.8.